The largest absolute Gasteiger partial charge is 0.340 e. The van der Waals surface area contributed by atoms with Crippen molar-refractivity contribution in [2.75, 3.05) is 10.6 Å². The Kier molecular flexibility index (Phi) is 5.37. The van der Waals surface area contributed by atoms with Crippen molar-refractivity contribution in [1.82, 2.24) is 9.97 Å². The maximum Gasteiger partial charge on any atom is 0.274 e. The summed E-state index contributed by atoms with van der Waals surface area (Å²) >= 11 is 0. The maximum absolute atomic E-state index is 12.6. The van der Waals surface area contributed by atoms with Crippen molar-refractivity contribution < 1.29 is 4.79 Å². The molecule has 0 spiro atoms. The van der Waals surface area contributed by atoms with Crippen molar-refractivity contribution >= 4 is 23.1 Å². The second-order valence-electron chi connectivity index (χ2n) is 6.73. The minimum atomic E-state index is -0.360. The van der Waals surface area contributed by atoms with E-state index < -0.39 is 0 Å². The molecule has 1 heterocycles. The minimum Gasteiger partial charge on any atom is -0.340 e. The predicted octanol–water partition coefficient (Wildman–Crippen LogP) is 4.58. The van der Waals surface area contributed by atoms with Gasteiger partial charge in [0.25, 0.3) is 5.91 Å². The molecule has 1 aromatic heterocycles. The summed E-state index contributed by atoms with van der Waals surface area (Å²) in [7, 11) is 0. The SMILES string of the molecule is Cc1cc(C)c(Nc2cc(C(=O)Nc3cccc(C#N)c3)nc(C)n2)c(C)c1. The molecule has 0 aliphatic rings. The summed E-state index contributed by atoms with van der Waals surface area (Å²) in [4.78, 5) is 21.3. The summed E-state index contributed by atoms with van der Waals surface area (Å²) in [5.41, 5.74) is 5.64. The molecule has 6 heteroatoms. The second kappa shape index (κ2) is 7.89. The molecular formula is C22H21N5O. The molecule has 6 nitrogen and oxygen atoms in total. The molecule has 0 bridgehead atoms. The minimum absolute atomic E-state index is 0.250. The number of nitrogens with zero attached hydrogens (tertiary/aromatic N) is 3. The van der Waals surface area contributed by atoms with Gasteiger partial charge in [0.2, 0.25) is 0 Å². The van der Waals surface area contributed by atoms with Crippen molar-refractivity contribution in [2.24, 2.45) is 0 Å². The Morgan fingerprint density at radius 3 is 2.39 bits per heavy atom. The molecule has 3 aromatic rings. The highest BCUT2D eigenvalue weighted by atomic mass is 16.1. The Bertz CT molecular complexity index is 1080. The molecule has 0 saturated carbocycles. The first-order valence-electron chi connectivity index (χ1n) is 8.88. The van der Waals surface area contributed by atoms with Crippen molar-refractivity contribution in [3.8, 4) is 6.07 Å². The third-order valence-corrected chi connectivity index (χ3v) is 4.25. The molecule has 0 radical (unpaired) electrons. The summed E-state index contributed by atoms with van der Waals surface area (Å²) in [6, 6.07) is 14.6. The van der Waals surface area contributed by atoms with Crippen LogP contribution in [-0.2, 0) is 0 Å². The zero-order chi connectivity index (χ0) is 20.3. The van der Waals surface area contributed by atoms with E-state index in [0.29, 0.717) is 22.9 Å². The Morgan fingerprint density at radius 1 is 1.00 bits per heavy atom. The van der Waals surface area contributed by atoms with E-state index in [0.717, 1.165) is 16.8 Å². The molecular weight excluding hydrogens is 350 g/mol. The van der Waals surface area contributed by atoms with Gasteiger partial charge in [0.1, 0.15) is 17.3 Å². The van der Waals surface area contributed by atoms with Crippen LogP contribution in [0.4, 0.5) is 17.2 Å². The highest BCUT2D eigenvalue weighted by Gasteiger charge is 2.13. The summed E-state index contributed by atoms with van der Waals surface area (Å²) in [5, 5.41) is 15.1. The fourth-order valence-electron chi connectivity index (χ4n) is 3.11. The van der Waals surface area contributed by atoms with E-state index in [1.54, 1.807) is 37.3 Å². The van der Waals surface area contributed by atoms with Gasteiger partial charge in [-0.15, -0.1) is 0 Å². The van der Waals surface area contributed by atoms with Crippen LogP contribution in [0.2, 0.25) is 0 Å². The lowest BCUT2D eigenvalue weighted by Crippen LogP contribution is -2.15. The molecule has 0 saturated heterocycles. The van der Waals surface area contributed by atoms with E-state index in [9.17, 15) is 4.79 Å². The van der Waals surface area contributed by atoms with Gasteiger partial charge >= 0.3 is 0 Å². The number of rotatable bonds is 4. The molecule has 28 heavy (non-hydrogen) atoms. The van der Waals surface area contributed by atoms with E-state index in [1.165, 1.54) is 5.56 Å². The number of amides is 1. The van der Waals surface area contributed by atoms with E-state index in [-0.39, 0.29) is 11.6 Å². The van der Waals surface area contributed by atoms with Gasteiger partial charge in [0.15, 0.2) is 0 Å². The number of hydrogen-bond acceptors (Lipinski definition) is 5. The van der Waals surface area contributed by atoms with Gasteiger partial charge < -0.3 is 10.6 Å². The van der Waals surface area contributed by atoms with Crippen LogP contribution in [-0.4, -0.2) is 15.9 Å². The zero-order valence-corrected chi connectivity index (χ0v) is 16.3. The lowest BCUT2D eigenvalue weighted by Gasteiger charge is -2.14. The quantitative estimate of drug-likeness (QED) is 0.700. The smallest absolute Gasteiger partial charge is 0.274 e. The van der Waals surface area contributed by atoms with Gasteiger partial charge in [0.05, 0.1) is 11.6 Å². The molecule has 1 amide bonds. The number of benzene rings is 2. The molecule has 0 atom stereocenters. The van der Waals surface area contributed by atoms with Crippen molar-refractivity contribution in [3.05, 3.63) is 76.2 Å². The van der Waals surface area contributed by atoms with Gasteiger partial charge in [-0.3, -0.25) is 4.79 Å². The van der Waals surface area contributed by atoms with Crippen LogP contribution in [0.5, 0.6) is 0 Å². The summed E-state index contributed by atoms with van der Waals surface area (Å²) in [6.45, 7) is 7.87. The first-order chi connectivity index (χ1) is 13.4. The predicted molar refractivity (Wildman–Crippen MR) is 110 cm³/mol. The van der Waals surface area contributed by atoms with Crippen molar-refractivity contribution in [2.45, 2.75) is 27.7 Å². The molecule has 3 rings (SSSR count). The average molecular weight is 371 g/mol. The fourth-order valence-corrected chi connectivity index (χ4v) is 3.11. The molecule has 0 aliphatic carbocycles. The molecule has 0 fully saturated rings. The van der Waals surface area contributed by atoms with Crippen LogP contribution >= 0.6 is 0 Å². The third-order valence-electron chi connectivity index (χ3n) is 4.25. The van der Waals surface area contributed by atoms with Crippen LogP contribution in [0.3, 0.4) is 0 Å². The van der Waals surface area contributed by atoms with Gasteiger partial charge in [-0.05, 0) is 57.0 Å². The molecule has 2 aromatic carbocycles. The first-order valence-corrected chi connectivity index (χ1v) is 8.88. The number of anilines is 3. The molecule has 2 N–H and O–H groups in total. The second-order valence-corrected chi connectivity index (χ2v) is 6.73. The van der Waals surface area contributed by atoms with Crippen LogP contribution in [0.1, 0.15) is 38.6 Å². The van der Waals surface area contributed by atoms with Crippen molar-refractivity contribution in [1.29, 1.82) is 5.26 Å². The monoisotopic (exact) mass is 371 g/mol. The highest BCUT2D eigenvalue weighted by Crippen LogP contribution is 2.25. The van der Waals surface area contributed by atoms with Crippen LogP contribution in [0, 0.1) is 39.0 Å². The van der Waals surface area contributed by atoms with Crippen molar-refractivity contribution in [3.63, 3.8) is 0 Å². The summed E-state index contributed by atoms with van der Waals surface area (Å²) in [5.74, 6) is 0.683. The highest BCUT2D eigenvalue weighted by molar-refractivity contribution is 6.03. The van der Waals surface area contributed by atoms with E-state index in [4.69, 9.17) is 5.26 Å². The number of aromatic nitrogens is 2. The summed E-state index contributed by atoms with van der Waals surface area (Å²) < 4.78 is 0. The maximum atomic E-state index is 12.6. The zero-order valence-electron chi connectivity index (χ0n) is 16.3. The molecule has 140 valence electrons. The fraction of sp³-hybridized carbons (Fsp3) is 0.182. The van der Waals surface area contributed by atoms with Gasteiger partial charge in [0, 0.05) is 17.4 Å². The third kappa shape index (κ3) is 4.33. The number of carbonyl (C=O) groups excluding carboxylic acids is 1. The first kappa shape index (κ1) is 19.1. The Labute approximate surface area is 164 Å². The lowest BCUT2D eigenvalue weighted by molar-refractivity contribution is 0.102. The van der Waals surface area contributed by atoms with Crippen LogP contribution < -0.4 is 10.6 Å². The van der Waals surface area contributed by atoms with E-state index in [2.05, 4.69) is 45.7 Å². The number of nitrogens with one attached hydrogen (secondary N) is 2. The topological polar surface area (TPSA) is 90.7 Å². The standard InChI is InChI=1S/C22H21N5O/c1-13-8-14(2)21(15(3)9-13)27-20-11-19(24-16(4)25-20)22(28)26-18-7-5-6-17(10-18)12-23/h5-11H,1-4H3,(H,26,28)(H,24,25,27). The Balaban J connectivity index is 1.87. The van der Waals surface area contributed by atoms with Crippen LogP contribution in [0.25, 0.3) is 0 Å². The normalized spacial score (nSPS) is 10.2. The Hall–Kier alpha value is -3.72. The number of aryl methyl sites for hydroxylation is 4. The Morgan fingerprint density at radius 2 is 1.71 bits per heavy atom. The molecule has 0 unspecified atom stereocenters. The average Bonchev–Trinajstić information content (AvgIpc) is 2.64. The number of carbonyl (C=O) groups is 1. The van der Waals surface area contributed by atoms with E-state index >= 15 is 0 Å². The lowest BCUT2D eigenvalue weighted by atomic mass is 10.1. The number of nitriles is 1. The van der Waals surface area contributed by atoms with Gasteiger partial charge in [-0.25, -0.2) is 9.97 Å². The molecule has 0 aliphatic heterocycles. The number of hydrogen-bond donors (Lipinski definition) is 2. The van der Waals surface area contributed by atoms with Gasteiger partial charge in [-0.1, -0.05) is 23.8 Å². The van der Waals surface area contributed by atoms with Gasteiger partial charge in [-0.2, -0.15) is 5.26 Å². The van der Waals surface area contributed by atoms with E-state index in [1.807, 2.05) is 13.8 Å². The van der Waals surface area contributed by atoms with Crippen LogP contribution in [0.15, 0.2) is 42.5 Å². The summed E-state index contributed by atoms with van der Waals surface area (Å²) in [6.07, 6.45) is 0.